The van der Waals surface area contributed by atoms with Crippen LogP contribution in [0.5, 0.6) is 0 Å². The molecule has 1 heterocycles. The molecular weight excluding hydrogens is 213 g/mol. The first-order chi connectivity index (χ1) is 7.50. The SMILES string of the molecule is CC(C)C(CNc1ncc(F)cn1)C(=O)O. The van der Waals surface area contributed by atoms with Crippen molar-refractivity contribution in [2.24, 2.45) is 11.8 Å². The van der Waals surface area contributed by atoms with Crippen LogP contribution < -0.4 is 5.32 Å². The molecule has 1 aromatic heterocycles. The molecule has 1 aromatic rings. The molecule has 6 heteroatoms. The molecule has 0 saturated heterocycles. The number of carbonyl (C=O) groups is 1. The van der Waals surface area contributed by atoms with E-state index in [2.05, 4.69) is 15.3 Å². The number of hydrogen-bond donors (Lipinski definition) is 2. The fourth-order valence-corrected chi connectivity index (χ4v) is 1.21. The maximum Gasteiger partial charge on any atom is 0.308 e. The van der Waals surface area contributed by atoms with Crippen LogP contribution in [0.25, 0.3) is 0 Å². The van der Waals surface area contributed by atoms with E-state index in [9.17, 15) is 9.18 Å². The van der Waals surface area contributed by atoms with Gasteiger partial charge in [-0.1, -0.05) is 13.8 Å². The molecule has 0 amide bonds. The molecule has 0 bridgehead atoms. The third kappa shape index (κ3) is 3.45. The highest BCUT2D eigenvalue weighted by Gasteiger charge is 2.21. The van der Waals surface area contributed by atoms with Gasteiger partial charge in [-0.05, 0) is 5.92 Å². The lowest BCUT2D eigenvalue weighted by atomic mass is 9.96. The Labute approximate surface area is 92.7 Å². The van der Waals surface area contributed by atoms with E-state index in [1.54, 1.807) is 0 Å². The van der Waals surface area contributed by atoms with Crippen molar-refractivity contribution in [1.82, 2.24) is 9.97 Å². The monoisotopic (exact) mass is 227 g/mol. The minimum Gasteiger partial charge on any atom is -0.481 e. The minimum atomic E-state index is -0.871. The summed E-state index contributed by atoms with van der Waals surface area (Å²) in [6.07, 6.45) is 2.06. The Bertz CT molecular complexity index is 354. The average Bonchev–Trinajstić information content (AvgIpc) is 2.20. The Morgan fingerprint density at radius 2 is 2.06 bits per heavy atom. The number of carboxylic acid groups (broad SMARTS) is 1. The van der Waals surface area contributed by atoms with Gasteiger partial charge in [-0.25, -0.2) is 14.4 Å². The molecule has 0 radical (unpaired) electrons. The Morgan fingerprint density at radius 3 is 2.50 bits per heavy atom. The maximum atomic E-state index is 12.5. The summed E-state index contributed by atoms with van der Waals surface area (Å²) in [6, 6.07) is 0. The largest absolute Gasteiger partial charge is 0.481 e. The summed E-state index contributed by atoms with van der Waals surface area (Å²) in [4.78, 5) is 18.2. The third-order valence-corrected chi connectivity index (χ3v) is 2.22. The molecule has 16 heavy (non-hydrogen) atoms. The summed E-state index contributed by atoms with van der Waals surface area (Å²) < 4.78 is 12.5. The van der Waals surface area contributed by atoms with Gasteiger partial charge in [0, 0.05) is 6.54 Å². The van der Waals surface area contributed by atoms with Gasteiger partial charge in [-0.3, -0.25) is 4.79 Å². The molecule has 0 saturated carbocycles. The lowest BCUT2D eigenvalue weighted by Gasteiger charge is -2.16. The summed E-state index contributed by atoms with van der Waals surface area (Å²) in [5.74, 6) is -1.68. The average molecular weight is 227 g/mol. The normalized spacial score (nSPS) is 12.5. The summed E-state index contributed by atoms with van der Waals surface area (Å²) >= 11 is 0. The van der Waals surface area contributed by atoms with Crippen molar-refractivity contribution in [3.05, 3.63) is 18.2 Å². The summed E-state index contributed by atoms with van der Waals surface area (Å²) in [7, 11) is 0. The number of aliphatic carboxylic acids is 1. The van der Waals surface area contributed by atoms with Crippen LogP contribution in [0.2, 0.25) is 0 Å². The van der Waals surface area contributed by atoms with E-state index in [1.165, 1.54) is 0 Å². The van der Waals surface area contributed by atoms with Gasteiger partial charge in [0.25, 0.3) is 0 Å². The molecule has 1 rings (SSSR count). The molecule has 1 unspecified atom stereocenters. The number of nitrogens with zero attached hydrogens (tertiary/aromatic N) is 2. The van der Waals surface area contributed by atoms with Crippen molar-refractivity contribution >= 4 is 11.9 Å². The first-order valence-electron chi connectivity index (χ1n) is 4.95. The Balaban J connectivity index is 2.55. The lowest BCUT2D eigenvalue weighted by Crippen LogP contribution is -2.28. The quantitative estimate of drug-likeness (QED) is 0.794. The van der Waals surface area contributed by atoms with Crippen LogP contribution in [0.4, 0.5) is 10.3 Å². The molecule has 0 aliphatic heterocycles. The van der Waals surface area contributed by atoms with Crippen LogP contribution in [-0.4, -0.2) is 27.6 Å². The predicted octanol–water partition coefficient (Wildman–Crippen LogP) is 1.38. The predicted molar refractivity (Wildman–Crippen MR) is 56.4 cm³/mol. The Morgan fingerprint density at radius 1 is 1.50 bits per heavy atom. The van der Waals surface area contributed by atoms with E-state index in [4.69, 9.17) is 5.11 Å². The number of nitrogens with one attached hydrogen (secondary N) is 1. The highest BCUT2D eigenvalue weighted by atomic mass is 19.1. The highest BCUT2D eigenvalue weighted by Crippen LogP contribution is 2.11. The second kappa shape index (κ2) is 5.39. The maximum absolute atomic E-state index is 12.5. The van der Waals surface area contributed by atoms with Gasteiger partial charge in [-0.15, -0.1) is 0 Å². The Hall–Kier alpha value is -1.72. The molecule has 0 aliphatic carbocycles. The number of aromatic nitrogens is 2. The van der Waals surface area contributed by atoms with Crippen LogP contribution >= 0.6 is 0 Å². The van der Waals surface area contributed by atoms with Crippen molar-refractivity contribution in [1.29, 1.82) is 0 Å². The molecule has 1 atom stereocenters. The van der Waals surface area contributed by atoms with Gasteiger partial charge < -0.3 is 10.4 Å². The molecule has 0 fully saturated rings. The summed E-state index contributed by atoms with van der Waals surface area (Å²) in [5, 5.41) is 11.7. The molecule has 0 aliphatic rings. The highest BCUT2D eigenvalue weighted by molar-refractivity contribution is 5.71. The van der Waals surface area contributed by atoms with E-state index < -0.39 is 17.7 Å². The zero-order valence-electron chi connectivity index (χ0n) is 9.14. The number of rotatable bonds is 5. The fraction of sp³-hybridized carbons (Fsp3) is 0.500. The number of carboxylic acids is 1. The fourth-order valence-electron chi connectivity index (χ4n) is 1.21. The number of halogens is 1. The second-order valence-corrected chi connectivity index (χ2v) is 3.79. The van der Waals surface area contributed by atoms with E-state index in [1.807, 2.05) is 13.8 Å². The van der Waals surface area contributed by atoms with Gasteiger partial charge >= 0.3 is 5.97 Å². The molecule has 88 valence electrons. The molecule has 0 aromatic carbocycles. The van der Waals surface area contributed by atoms with Crippen molar-refractivity contribution in [3.63, 3.8) is 0 Å². The lowest BCUT2D eigenvalue weighted by molar-refractivity contribution is -0.142. The molecular formula is C10H14FN3O2. The zero-order chi connectivity index (χ0) is 12.1. The van der Waals surface area contributed by atoms with E-state index in [-0.39, 0.29) is 18.4 Å². The van der Waals surface area contributed by atoms with Gasteiger partial charge in [0.15, 0.2) is 5.82 Å². The van der Waals surface area contributed by atoms with Crippen molar-refractivity contribution < 1.29 is 14.3 Å². The van der Waals surface area contributed by atoms with Crippen LogP contribution in [0.1, 0.15) is 13.8 Å². The van der Waals surface area contributed by atoms with Crippen molar-refractivity contribution in [2.45, 2.75) is 13.8 Å². The summed E-state index contributed by atoms with van der Waals surface area (Å²) in [6.45, 7) is 3.87. The zero-order valence-corrected chi connectivity index (χ0v) is 9.14. The number of hydrogen-bond acceptors (Lipinski definition) is 4. The van der Waals surface area contributed by atoms with Gasteiger partial charge in [0.05, 0.1) is 18.3 Å². The third-order valence-electron chi connectivity index (χ3n) is 2.22. The van der Waals surface area contributed by atoms with Gasteiger partial charge in [-0.2, -0.15) is 0 Å². The Kier molecular flexibility index (Phi) is 4.16. The molecule has 0 spiro atoms. The molecule has 2 N–H and O–H groups in total. The van der Waals surface area contributed by atoms with Gasteiger partial charge in [0.2, 0.25) is 5.95 Å². The topological polar surface area (TPSA) is 75.1 Å². The minimum absolute atomic E-state index is 0.00504. The first kappa shape index (κ1) is 12.4. The van der Waals surface area contributed by atoms with E-state index >= 15 is 0 Å². The summed E-state index contributed by atoms with van der Waals surface area (Å²) in [5.41, 5.74) is 0. The standard InChI is InChI=1S/C10H14FN3O2/c1-6(2)8(9(15)16)5-14-10-12-3-7(11)4-13-10/h3-4,6,8H,5H2,1-2H3,(H,15,16)(H,12,13,14). The second-order valence-electron chi connectivity index (χ2n) is 3.79. The van der Waals surface area contributed by atoms with Gasteiger partial charge in [0.1, 0.15) is 0 Å². The van der Waals surface area contributed by atoms with Crippen molar-refractivity contribution in [2.75, 3.05) is 11.9 Å². The smallest absolute Gasteiger partial charge is 0.308 e. The first-order valence-corrected chi connectivity index (χ1v) is 4.95. The van der Waals surface area contributed by atoms with Crippen molar-refractivity contribution in [3.8, 4) is 0 Å². The van der Waals surface area contributed by atoms with Crippen LogP contribution in [0.3, 0.4) is 0 Å². The number of anilines is 1. The van der Waals surface area contributed by atoms with Crippen LogP contribution in [0, 0.1) is 17.7 Å². The van der Waals surface area contributed by atoms with Crippen LogP contribution in [0.15, 0.2) is 12.4 Å². The molecule has 5 nitrogen and oxygen atoms in total. The van der Waals surface area contributed by atoms with Crippen LogP contribution in [-0.2, 0) is 4.79 Å². The van der Waals surface area contributed by atoms with E-state index in [0.717, 1.165) is 12.4 Å². The van der Waals surface area contributed by atoms with E-state index in [0.29, 0.717) is 0 Å².